The van der Waals surface area contributed by atoms with Gasteiger partial charge in [0.2, 0.25) is 5.91 Å². The molecule has 0 unspecified atom stereocenters. The summed E-state index contributed by atoms with van der Waals surface area (Å²) in [6, 6.07) is 14.0. The van der Waals surface area contributed by atoms with Crippen LogP contribution in [0.25, 0.3) is 6.08 Å². The molecule has 0 radical (unpaired) electrons. The number of amides is 1. The molecule has 148 valence electrons. The number of nitrogens with zero attached hydrogens (tertiary/aromatic N) is 1. The third-order valence-electron chi connectivity index (χ3n) is 4.90. The van der Waals surface area contributed by atoms with Gasteiger partial charge in [0.1, 0.15) is 11.5 Å². The van der Waals surface area contributed by atoms with Crippen LogP contribution in [0.5, 0.6) is 11.5 Å². The number of carbonyl (C=O) groups excluding carboxylic acids is 1. The Balaban J connectivity index is 1.50. The fourth-order valence-corrected chi connectivity index (χ4v) is 3.31. The van der Waals surface area contributed by atoms with Crippen molar-refractivity contribution in [3.8, 4) is 11.5 Å². The molecule has 0 aliphatic carbocycles. The molecule has 28 heavy (non-hydrogen) atoms. The second-order valence-corrected chi connectivity index (χ2v) is 7.00. The van der Waals surface area contributed by atoms with Crippen LogP contribution in [-0.2, 0) is 17.9 Å². The molecule has 0 bridgehead atoms. The van der Waals surface area contributed by atoms with E-state index in [0.29, 0.717) is 18.0 Å². The smallest absolute Gasteiger partial charge is 0.244 e. The second-order valence-electron chi connectivity index (χ2n) is 7.00. The van der Waals surface area contributed by atoms with Gasteiger partial charge in [0.05, 0.1) is 14.2 Å². The van der Waals surface area contributed by atoms with Gasteiger partial charge in [0, 0.05) is 25.2 Å². The van der Waals surface area contributed by atoms with Crippen molar-refractivity contribution in [3.05, 3.63) is 65.2 Å². The number of hydrogen-bond donors (Lipinski definition) is 1. The van der Waals surface area contributed by atoms with Gasteiger partial charge in [-0.1, -0.05) is 24.3 Å². The highest BCUT2D eigenvalue weighted by Gasteiger charge is 2.11. The van der Waals surface area contributed by atoms with Crippen LogP contribution in [0.3, 0.4) is 0 Å². The molecule has 1 aliphatic rings. The van der Waals surface area contributed by atoms with E-state index in [0.717, 1.165) is 17.7 Å². The lowest BCUT2D eigenvalue weighted by atomic mass is 10.1. The van der Waals surface area contributed by atoms with Crippen molar-refractivity contribution in [1.82, 2.24) is 10.2 Å². The Morgan fingerprint density at radius 2 is 1.61 bits per heavy atom. The summed E-state index contributed by atoms with van der Waals surface area (Å²) in [6.45, 7) is 3.92. The van der Waals surface area contributed by atoms with Gasteiger partial charge in [0.15, 0.2) is 0 Å². The Kier molecular flexibility index (Phi) is 7.09. The number of likely N-dealkylation sites (tertiary alicyclic amines) is 1. The van der Waals surface area contributed by atoms with Gasteiger partial charge in [0.25, 0.3) is 0 Å². The van der Waals surface area contributed by atoms with Crippen LogP contribution in [0.1, 0.15) is 29.5 Å². The van der Waals surface area contributed by atoms with Crippen molar-refractivity contribution in [2.24, 2.45) is 0 Å². The molecule has 0 spiro atoms. The van der Waals surface area contributed by atoms with E-state index < -0.39 is 0 Å². The fraction of sp³-hybridized carbons (Fsp3) is 0.348. The molecular weight excluding hydrogens is 352 g/mol. The van der Waals surface area contributed by atoms with Gasteiger partial charge in [-0.25, -0.2) is 0 Å². The summed E-state index contributed by atoms with van der Waals surface area (Å²) >= 11 is 0. The van der Waals surface area contributed by atoms with Crippen molar-refractivity contribution >= 4 is 12.0 Å². The Hall–Kier alpha value is -2.79. The number of hydrogen-bond acceptors (Lipinski definition) is 4. The van der Waals surface area contributed by atoms with Crippen LogP contribution in [0, 0.1) is 0 Å². The molecule has 1 heterocycles. The van der Waals surface area contributed by atoms with E-state index in [1.54, 1.807) is 26.4 Å². The average molecular weight is 380 g/mol. The summed E-state index contributed by atoms with van der Waals surface area (Å²) in [7, 11) is 3.21. The van der Waals surface area contributed by atoms with Gasteiger partial charge >= 0.3 is 0 Å². The molecule has 0 atom stereocenters. The monoisotopic (exact) mass is 380 g/mol. The molecule has 3 rings (SSSR count). The number of methoxy groups -OCH3 is 2. The minimum atomic E-state index is -0.136. The Morgan fingerprint density at radius 1 is 1.00 bits per heavy atom. The summed E-state index contributed by atoms with van der Waals surface area (Å²) in [5.74, 6) is 1.24. The topological polar surface area (TPSA) is 50.8 Å². The number of benzene rings is 2. The first kappa shape index (κ1) is 20.0. The first-order valence-corrected chi connectivity index (χ1v) is 9.65. The summed E-state index contributed by atoms with van der Waals surface area (Å²) in [5.41, 5.74) is 3.26. The van der Waals surface area contributed by atoms with Gasteiger partial charge in [-0.05, 0) is 60.8 Å². The van der Waals surface area contributed by atoms with Crippen LogP contribution in [0.2, 0.25) is 0 Å². The van der Waals surface area contributed by atoms with Crippen molar-refractivity contribution in [2.45, 2.75) is 25.9 Å². The minimum absolute atomic E-state index is 0.136. The maximum absolute atomic E-state index is 12.1. The van der Waals surface area contributed by atoms with Gasteiger partial charge in [-0.3, -0.25) is 9.69 Å². The van der Waals surface area contributed by atoms with Crippen LogP contribution in [-0.4, -0.2) is 38.1 Å². The maximum Gasteiger partial charge on any atom is 0.244 e. The molecule has 0 saturated carbocycles. The zero-order valence-corrected chi connectivity index (χ0v) is 16.6. The van der Waals surface area contributed by atoms with Crippen LogP contribution in [0.15, 0.2) is 48.5 Å². The SMILES string of the molecule is COc1cc(/C=C/C(=O)NCc2ccc(CN3CCCC3)cc2)cc(OC)c1. The van der Waals surface area contributed by atoms with Crippen LogP contribution >= 0.6 is 0 Å². The summed E-state index contributed by atoms with van der Waals surface area (Å²) < 4.78 is 10.5. The molecule has 5 nitrogen and oxygen atoms in total. The summed E-state index contributed by atoms with van der Waals surface area (Å²) in [4.78, 5) is 14.6. The van der Waals surface area contributed by atoms with E-state index in [9.17, 15) is 4.79 Å². The molecule has 2 aromatic rings. The number of carbonyl (C=O) groups is 1. The predicted molar refractivity (Wildman–Crippen MR) is 111 cm³/mol. The average Bonchev–Trinajstić information content (AvgIpc) is 3.24. The highest BCUT2D eigenvalue weighted by Crippen LogP contribution is 2.23. The second kappa shape index (κ2) is 9.95. The summed E-state index contributed by atoms with van der Waals surface area (Å²) in [6.07, 6.45) is 5.88. The molecule has 1 N–H and O–H groups in total. The zero-order chi connectivity index (χ0) is 19.8. The van der Waals surface area contributed by atoms with Gasteiger partial charge < -0.3 is 14.8 Å². The highest BCUT2D eigenvalue weighted by atomic mass is 16.5. The molecule has 1 fully saturated rings. The van der Waals surface area contributed by atoms with Crippen molar-refractivity contribution in [1.29, 1.82) is 0 Å². The van der Waals surface area contributed by atoms with Crippen LogP contribution < -0.4 is 14.8 Å². The van der Waals surface area contributed by atoms with Crippen molar-refractivity contribution < 1.29 is 14.3 Å². The largest absolute Gasteiger partial charge is 0.497 e. The number of nitrogens with one attached hydrogen (secondary N) is 1. The Bertz CT molecular complexity index is 787. The van der Waals surface area contributed by atoms with Crippen molar-refractivity contribution in [2.75, 3.05) is 27.3 Å². The standard InChI is InChI=1S/C23H28N2O3/c1-27-21-13-20(14-22(15-21)28-2)9-10-23(26)24-16-18-5-7-19(8-6-18)17-25-11-3-4-12-25/h5-10,13-15H,3-4,11-12,16-17H2,1-2H3,(H,24,26)/b10-9+. The van der Waals surface area contributed by atoms with Crippen molar-refractivity contribution in [3.63, 3.8) is 0 Å². The Morgan fingerprint density at radius 3 is 2.21 bits per heavy atom. The van der Waals surface area contributed by atoms with Gasteiger partial charge in [-0.15, -0.1) is 0 Å². The minimum Gasteiger partial charge on any atom is -0.497 e. The highest BCUT2D eigenvalue weighted by molar-refractivity contribution is 5.91. The lowest BCUT2D eigenvalue weighted by Crippen LogP contribution is -2.20. The van der Waals surface area contributed by atoms with E-state index in [1.165, 1.54) is 37.6 Å². The van der Waals surface area contributed by atoms with Gasteiger partial charge in [-0.2, -0.15) is 0 Å². The third-order valence-corrected chi connectivity index (χ3v) is 4.90. The molecular formula is C23H28N2O3. The molecule has 1 amide bonds. The van der Waals surface area contributed by atoms with E-state index in [-0.39, 0.29) is 5.91 Å². The lowest BCUT2D eigenvalue weighted by molar-refractivity contribution is -0.116. The van der Waals surface area contributed by atoms with Crippen LogP contribution in [0.4, 0.5) is 0 Å². The molecule has 0 aromatic heterocycles. The van der Waals surface area contributed by atoms with E-state index in [2.05, 4.69) is 34.5 Å². The lowest BCUT2D eigenvalue weighted by Gasteiger charge is -2.14. The van der Waals surface area contributed by atoms with E-state index >= 15 is 0 Å². The molecule has 5 heteroatoms. The molecule has 1 aliphatic heterocycles. The number of rotatable bonds is 8. The Labute approximate surface area is 167 Å². The fourth-order valence-electron chi connectivity index (χ4n) is 3.31. The molecule has 1 saturated heterocycles. The normalized spacial score (nSPS) is 14.4. The quantitative estimate of drug-likeness (QED) is 0.711. The predicted octanol–water partition coefficient (Wildman–Crippen LogP) is 3.63. The zero-order valence-electron chi connectivity index (χ0n) is 16.6. The maximum atomic E-state index is 12.1. The number of ether oxygens (including phenoxy) is 2. The first-order valence-electron chi connectivity index (χ1n) is 9.65. The first-order chi connectivity index (χ1) is 13.7. The summed E-state index contributed by atoms with van der Waals surface area (Å²) in [5, 5.41) is 2.92. The van der Waals surface area contributed by atoms with E-state index in [4.69, 9.17) is 9.47 Å². The third kappa shape index (κ3) is 5.86. The van der Waals surface area contributed by atoms with E-state index in [1.807, 2.05) is 12.1 Å². The molecule has 2 aromatic carbocycles.